The molecule has 11 heteroatoms. The molecule has 1 saturated carbocycles. The molecule has 6 rings (SSSR count). The fraction of sp³-hybridized carbons (Fsp3) is 0.346. The normalized spacial score (nSPS) is 16.1. The van der Waals surface area contributed by atoms with E-state index in [4.69, 9.17) is 4.98 Å². The van der Waals surface area contributed by atoms with E-state index in [1.807, 2.05) is 18.2 Å². The first kappa shape index (κ1) is 23.2. The van der Waals surface area contributed by atoms with Gasteiger partial charge in [-0.2, -0.15) is 10.1 Å². The number of hydrogen-bond donors (Lipinski definition) is 3. The second-order valence-corrected chi connectivity index (χ2v) is 9.63. The van der Waals surface area contributed by atoms with Crippen LogP contribution < -0.4 is 15.5 Å². The van der Waals surface area contributed by atoms with Gasteiger partial charge in [0.25, 0.3) is 5.91 Å². The highest BCUT2D eigenvalue weighted by atomic mass is 16.2. The fourth-order valence-corrected chi connectivity index (χ4v) is 4.53. The smallest absolute Gasteiger partial charge is 0.291 e. The number of benzene rings is 1. The molecule has 1 aliphatic carbocycles. The predicted octanol–water partition coefficient (Wildman–Crippen LogP) is 3.13. The Morgan fingerprint density at radius 2 is 1.84 bits per heavy atom. The van der Waals surface area contributed by atoms with E-state index in [2.05, 4.69) is 58.8 Å². The summed E-state index contributed by atoms with van der Waals surface area (Å²) in [7, 11) is 1.80. The minimum atomic E-state index is -0.217. The van der Waals surface area contributed by atoms with Crippen molar-refractivity contribution >= 4 is 29.2 Å². The van der Waals surface area contributed by atoms with E-state index in [9.17, 15) is 4.79 Å². The number of rotatable bonds is 8. The zero-order chi connectivity index (χ0) is 25.2. The molecule has 0 atom stereocenters. The monoisotopic (exact) mass is 498 g/mol. The summed E-state index contributed by atoms with van der Waals surface area (Å²) in [6, 6.07) is 11.9. The lowest BCUT2D eigenvalue weighted by Gasteiger charge is -2.34. The zero-order valence-electron chi connectivity index (χ0n) is 20.8. The van der Waals surface area contributed by atoms with Crippen LogP contribution in [0.3, 0.4) is 0 Å². The van der Waals surface area contributed by atoms with Gasteiger partial charge in [0.05, 0.1) is 0 Å². The van der Waals surface area contributed by atoms with Crippen LogP contribution in [0, 0.1) is 0 Å². The number of amides is 1. The number of anilines is 4. The lowest BCUT2D eigenvalue weighted by Crippen LogP contribution is -2.46. The second-order valence-electron chi connectivity index (χ2n) is 9.63. The number of carbonyl (C=O) groups excluding carboxylic acids is 1. The maximum Gasteiger partial charge on any atom is 0.291 e. The van der Waals surface area contributed by atoms with Crippen molar-refractivity contribution in [3.63, 3.8) is 0 Å². The van der Waals surface area contributed by atoms with Crippen molar-refractivity contribution in [1.29, 1.82) is 0 Å². The van der Waals surface area contributed by atoms with Gasteiger partial charge in [0, 0.05) is 81.7 Å². The van der Waals surface area contributed by atoms with Gasteiger partial charge in [0.2, 0.25) is 5.95 Å². The molecule has 1 aliphatic heterocycles. The molecule has 1 saturated heterocycles. The van der Waals surface area contributed by atoms with Gasteiger partial charge in [-0.05, 0) is 36.6 Å². The van der Waals surface area contributed by atoms with Crippen LogP contribution in [0.2, 0.25) is 0 Å². The quantitative estimate of drug-likeness (QED) is 0.339. The summed E-state index contributed by atoms with van der Waals surface area (Å²) in [5.74, 6) is 3.07. The Balaban J connectivity index is 0.999. The molecule has 2 fully saturated rings. The van der Waals surface area contributed by atoms with Crippen molar-refractivity contribution in [1.82, 2.24) is 34.6 Å². The summed E-state index contributed by atoms with van der Waals surface area (Å²) in [5, 5.41) is 13.7. The van der Waals surface area contributed by atoms with Gasteiger partial charge in [0.15, 0.2) is 11.6 Å². The summed E-state index contributed by atoms with van der Waals surface area (Å²) in [4.78, 5) is 30.3. The van der Waals surface area contributed by atoms with Gasteiger partial charge in [-0.25, -0.2) is 9.97 Å². The zero-order valence-corrected chi connectivity index (χ0v) is 20.8. The summed E-state index contributed by atoms with van der Waals surface area (Å²) in [6.45, 7) is 4.41. The molecule has 0 bridgehead atoms. The van der Waals surface area contributed by atoms with Crippen LogP contribution >= 0.6 is 0 Å². The molecule has 11 nitrogen and oxygen atoms in total. The number of carbonyl (C=O) groups is 1. The van der Waals surface area contributed by atoms with Gasteiger partial charge >= 0.3 is 0 Å². The number of imidazole rings is 1. The van der Waals surface area contributed by atoms with Gasteiger partial charge in [0.1, 0.15) is 5.82 Å². The van der Waals surface area contributed by atoms with Crippen molar-refractivity contribution in [2.24, 2.45) is 7.05 Å². The van der Waals surface area contributed by atoms with E-state index in [-0.39, 0.29) is 5.91 Å². The highest BCUT2D eigenvalue weighted by Crippen LogP contribution is 2.39. The number of H-pyrrole nitrogens is 1. The van der Waals surface area contributed by atoms with Crippen molar-refractivity contribution in [2.45, 2.75) is 25.3 Å². The number of hydrogen-bond acceptors (Lipinski definition) is 8. The lowest BCUT2D eigenvalue weighted by molar-refractivity contribution is 0.101. The van der Waals surface area contributed by atoms with E-state index in [0.29, 0.717) is 11.7 Å². The minimum Gasteiger partial charge on any atom is -0.338 e. The first-order chi connectivity index (χ1) is 18.1. The molecule has 2 aliphatic rings. The van der Waals surface area contributed by atoms with Crippen LogP contribution in [-0.2, 0) is 13.6 Å². The third kappa shape index (κ3) is 5.46. The molecule has 37 heavy (non-hydrogen) atoms. The van der Waals surface area contributed by atoms with Gasteiger partial charge in [-0.3, -0.25) is 14.8 Å². The molecule has 3 N–H and O–H groups in total. The third-order valence-corrected chi connectivity index (χ3v) is 6.81. The minimum absolute atomic E-state index is 0.217. The molecular formula is C26H30N10O. The third-order valence-electron chi connectivity index (χ3n) is 6.81. The van der Waals surface area contributed by atoms with Crippen molar-refractivity contribution in [2.75, 3.05) is 41.7 Å². The molecule has 3 aromatic heterocycles. The average molecular weight is 499 g/mol. The Kier molecular flexibility index (Phi) is 6.27. The van der Waals surface area contributed by atoms with Crippen LogP contribution in [0.1, 0.15) is 40.6 Å². The molecule has 0 radical (unpaired) electrons. The van der Waals surface area contributed by atoms with E-state index < -0.39 is 0 Å². The average Bonchev–Trinajstić information content (AvgIpc) is 3.51. The standard InChI is InChI=1S/C26H30N10O/c1-34-11-10-27-24(34)25(37)29-20-6-2-18(3-7-20)17-35-12-14-36(15-13-35)26-28-9-8-22(31-26)30-23-16-21(32-33-23)19-4-5-19/h2-3,6-11,16,19H,4-5,12-15,17H2,1H3,(H,29,37)(H2,28,30,31,32,33). The summed E-state index contributed by atoms with van der Waals surface area (Å²) < 4.78 is 1.70. The van der Waals surface area contributed by atoms with Gasteiger partial charge in [-0.15, -0.1) is 0 Å². The number of nitrogens with one attached hydrogen (secondary N) is 3. The Morgan fingerprint density at radius 3 is 2.57 bits per heavy atom. The van der Waals surface area contributed by atoms with E-state index >= 15 is 0 Å². The second kappa shape index (κ2) is 10.0. The maximum absolute atomic E-state index is 12.4. The molecule has 190 valence electrons. The van der Waals surface area contributed by atoms with Gasteiger partial charge < -0.3 is 20.1 Å². The number of aromatic amines is 1. The first-order valence-electron chi connectivity index (χ1n) is 12.6. The van der Waals surface area contributed by atoms with Crippen LogP contribution in [0.4, 0.5) is 23.3 Å². The van der Waals surface area contributed by atoms with Crippen LogP contribution in [0.25, 0.3) is 0 Å². The van der Waals surface area contributed by atoms with Crippen molar-refractivity contribution in [3.05, 3.63) is 72.1 Å². The molecule has 0 spiro atoms. The van der Waals surface area contributed by atoms with E-state index in [1.54, 1.807) is 30.2 Å². The number of nitrogens with zero attached hydrogens (tertiary/aromatic N) is 7. The number of aromatic nitrogens is 6. The highest BCUT2D eigenvalue weighted by molar-refractivity contribution is 6.01. The lowest BCUT2D eigenvalue weighted by atomic mass is 10.1. The number of aryl methyl sites for hydroxylation is 1. The first-order valence-corrected chi connectivity index (χ1v) is 12.6. The van der Waals surface area contributed by atoms with E-state index in [0.717, 1.165) is 56.0 Å². The Labute approximate surface area is 214 Å². The fourth-order valence-electron chi connectivity index (χ4n) is 4.53. The summed E-state index contributed by atoms with van der Waals surface area (Å²) >= 11 is 0. The molecule has 4 aromatic rings. The van der Waals surface area contributed by atoms with Crippen molar-refractivity contribution in [3.8, 4) is 0 Å². The Morgan fingerprint density at radius 1 is 1.03 bits per heavy atom. The SMILES string of the molecule is Cn1ccnc1C(=O)Nc1ccc(CN2CCN(c3nccc(Nc4cc(C5CC5)[nH]n4)n3)CC2)cc1. The maximum atomic E-state index is 12.4. The topological polar surface area (TPSA) is 120 Å². The van der Waals surface area contributed by atoms with E-state index in [1.165, 1.54) is 24.1 Å². The van der Waals surface area contributed by atoms with Crippen LogP contribution in [0.15, 0.2) is 55.0 Å². The molecule has 4 heterocycles. The Hall–Kier alpha value is -4.25. The predicted molar refractivity (Wildman–Crippen MR) is 141 cm³/mol. The Bertz CT molecular complexity index is 1370. The number of piperazine rings is 1. The molecule has 0 unspecified atom stereocenters. The van der Waals surface area contributed by atoms with Crippen LogP contribution in [0.5, 0.6) is 0 Å². The molecular weight excluding hydrogens is 468 g/mol. The van der Waals surface area contributed by atoms with Crippen LogP contribution in [-0.4, -0.2) is 66.7 Å². The highest BCUT2D eigenvalue weighted by Gasteiger charge is 2.25. The summed E-state index contributed by atoms with van der Waals surface area (Å²) in [5.41, 5.74) is 3.15. The summed E-state index contributed by atoms with van der Waals surface area (Å²) in [6.07, 6.45) is 7.63. The molecule has 1 amide bonds. The van der Waals surface area contributed by atoms with Gasteiger partial charge in [-0.1, -0.05) is 12.1 Å². The molecule has 1 aromatic carbocycles. The largest absolute Gasteiger partial charge is 0.338 e. The van der Waals surface area contributed by atoms with Crippen molar-refractivity contribution < 1.29 is 4.79 Å².